The number of urea groups is 1. The van der Waals surface area contributed by atoms with Crippen LogP contribution in [0.15, 0.2) is 61.1 Å². The number of rotatable bonds is 8. The number of anilines is 2. The summed E-state index contributed by atoms with van der Waals surface area (Å²) >= 11 is 11.9. The molecule has 4 rings (SSSR count). The van der Waals surface area contributed by atoms with Crippen LogP contribution in [0.3, 0.4) is 0 Å². The van der Waals surface area contributed by atoms with Gasteiger partial charge in [0.05, 0.1) is 10.7 Å². The second kappa shape index (κ2) is 11.3. The van der Waals surface area contributed by atoms with Crippen molar-refractivity contribution in [3.8, 4) is 23.0 Å². The smallest absolute Gasteiger partial charge is 0.323 e. The molecular weight excluding hydrogens is 508 g/mol. The van der Waals surface area contributed by atoms with Crippen LogP contribution in [0.1, 0.15) is 0 Å². The molecule has 0 aliphatic carbocycles. The van der Waals surface area contributed by atoms with Crippen molar-refractivity contribution in [1.82, 2.24) is 24.6 Å². The molecule has 0 aliphatic rings. The summed E-state index contributed by atoms with van der Waals surface area (Å²) in [7, 11) is 3.96. The summed E-state index contributed by atoms with van der Waals surface area (Å²) in [5, 5.41) is 14.0. The van der Waals surface area contributed by atoms with Crippen molar-refractivity contribution < 1.29 is 13.9 Å². The highest BCUT2D eigenvalue weighted by Gasteiger charge is 2.13. The normalized spacial score (nSPS) is 10.9. The predicted octanol–water partition coefficient (Wildman–Crippen LogP) is 5.78. The Morgan fingerprint density at radius 2 is 1.94 bits per heavy atom. The number of carbonyl (C=O) groups is 1. The first kappa shape index (κ1) is 25.4. The van der Waals surface area contributed by atoms with Gasteiger partial charge in [-0.05, 0) is 50.5 Å². The Morgan fingerprint density at radius 1 is 1.11 bits per heavy atom. The minimum atomic E-state index is -0.662. The van der Waals surface area contributed by atoms with Gasteiger partial charge in [0.25, 0.3) is 0 Å². The molecule has 186 valence electrons. The molecule has 12 heteroatoms. The maximum absolute atomic E-state index is 14.8. The van der Waals surface area contributed by atoms with Crippen molar-refractivity contribution in [2.75, 3.05) is 31.3 Å². The lowest BCUT2D eigenvalue weighted by molar-refractivity contribution is 0.262. The van der Waals surface area contributed by atoms with Crippen LogP contribution >= 0.6 is 23.2 Å². The average molecular weight is 530 g/mol. The second-order valence-corrected chi connectivity index (χ2v) is 8.82. The number of carbonyl (C=O) groups excluding carboxylic acids is 1. The minimum Gasteiger partial charge on any atom is -0.454 e. The van der Waals surface area contributed by atoms with Crippen LogP contribution in [0.2, 0.25) is 10.0 Å². The van der Waals surface area contributed by atoms with Crippen LogP contribution in [-0.4, -0.2) is 51.3 Å². The third-order valence-electron chi connectivity index (χ3n) is 4.96. The van der Waals surface area contributed by atoms with E-state index >= 15 is 0 Å². The topological polar surface area (TPSA) is 97.2 Å². The fraction of sp³-hybridized carbons (Fsp3) is 0.167. The molecule has 0 saturated heterocycles. The third-order valence-corrected chi connectivity index (χ3v) is 5.51. The number of benzene rings is 2. The fourth-order valence-corrected chi connectivity index (χ4v) is 3.64. The molecule has 0 bridgehead atoms. The molecule has 0 fully saturated rings. The summed E-state index contributed by atoms with van der Waals surface area (Å²) in [6.45, 7) is 1.49. The van der Waals surface area contributed by atoms with Gasteiger partial charge in [-0.25, -0.2) is 9.18 Å². The van der Waals surface area contributed by atoms with Crippen LogP contribution in [0.4, 0.5) is 20.6 Å². The summed E-state index contributed by atoms with van der Waals surface area (Å²) in [5.74, 6) is 0.267. The zero-order chi connectivity index (χ0) is 25.7. The van der Waals surface area contributed by atoms with Gasteiger partial charge in [-0.1, -0.05) is 23.2 Å². The Bertz CT molecular complexity index is 1380. The Hall–Kier alpha value is -3.73. The van der Waals surface area contributed by atoms with Gasteiger partial charge in [0.1, 0.15) is 17.8 Å². The van der Waals surface area contributed by atoms with Gasteiger partial charge in [-0.15, -0.1) is 10.2 Å². The quantitative estimate of drug-likeness (QED) is 0.300. The first-order valence-electron chi connectivity index (χ1n) is 10.8. The monoisotopic (exact) mass is 529 g/mol. The molecule has 0 unspecified atom stereocenters. The zero-order valence-electron chi connectivity index (χ0n) is 19.4. The van der Waals surface area contributed by atoms with Gasteiger partial charge in [0, 0.05) is 42.1 Å². The molecule has 9 nitrogen and oxygen atoms in total. The van der Waals surface area contributed by atoms with E-state index in [4.69, 9.17) is 27.9 Å². The van der Waals surface area contributed by atoms with E-state index in [0.29, 0.717) is 34.5 Å². The molecule has 0 spiro atoms. The Morgan fingerprint density at radius 3 is 2.69 bits per heavy atom. The van der Waals surface area contributed by atoms with Crippen molar-refractivity contribution in [3.05, 3.63) is 76.9 Å². The largest absolute Gasteiger partial charge is 0.454 e. The number of likely N-dealkylation sites (N-methyl/N-ethyl adjacent to an activating group) is 1. The first-order valence-corrected chi connectivity index (χ1v) is 11.5. The van der Waals surface area contributed by atoms with E-state index < -0.39 is 11.8 Å². The molecule has 0 saturated carbocycles. The van der Waals surface area contributed by atoms with Gasteiger partial charge in [-0.2, -0.15) is 0 Å². The van der Waals surface area contributed by atoms with Crippen LogP contribution < -0.4 is 15.4 Å². The van der Waals surface area contributed by atoms with Crippen molar-refractivity contribution in [1.29, 1.82) is 0 Å². The number of pyridine rings is 1. The number of halogens is 3. The standard InChI is InChI=1S/C24H22Cl2FN7O2/c1-33(2)9-10-34-14-29-32-23(34)21-13-17(7-8-28-21)36-22-6-4-16(12-19(22)27)30-24(35)31-20-5-3-15(25)11-18(20)26/h3-8,11-14H,9-10H2,1-2H3,(H2,30,31,35). The van der Waals surface area contributed by atoms with E-state index in [2.05, 4.69) is 30.7 Å². The third kappa shape index (κ3) is 6.48. The van der Waals surface area contributed by atoms with Crippen LogP contribution in [-0.2, 0) is 6.54 Å². The first-order chi connectivity index (χ1) is 17.3. The highest BCUT2D eigenvalue weighted by Crippen LogP contribution is 2.29. The average Bonchev–Trinajstić information content (AvgIpc) is 3.30. The van der Waals surface area contributed by atoms with E-state index in [0.717, 1.165) is 12.6 Å². The molecule has 0 radical (unpaired) electrons. The molecule has 36 heavy (non-hydrogen) atoms. The fourth-order valence-electron chi connectivity index (χ4n) is 3.19. The van der Waals surface area contributed by atoms with Gasteiger partial charge < -0.3 is 24.8 Å². The van der Waals surface area contributed by atoms with Crippen molar-refractivity contribution in [3.63, 3.8) is 0 Å². The molecular formula is C24H22Cl2FN7O2. The zero-order valence-corrected chi connectivity index (χ0v) is 20.9. The highest BCUT2D eigenvalue weighted by molar-refractivity contribution is 6.36. The summed E-state index contributed by atoms with van der Waals surface area (Å²) < 4.78 is 22.4. The number of amides is 2. The number of nitrogens with one attached hydrogen (secondary N) is 2. The Kier molecular flexibility index (Phi) is 7.99. The number of hydrogen-bond acceptors (Lipinski definition) is 6. The Balaban J connectivity index is 1.43. The van der Waals surface area contributed by atoms with E-state index in [9.17, 15) is 9.18 Å². The van der Waals surface area contributed by atoms with E-state index in [1.54, 1.807) is 36.8 Å². The van der Waals surface area contributed by atoms with E-state index in [1.807, 2.05) is 18.7 Å². The predicted molar refractivity (Wildman–Crippen MR) is 137 cm³/mol. The molecule has 2 heterocycles. The van der Waals surface area contributed by atoms with Gasteiger partial charge in [-0.3, -0.25) is 4.98 Å². The number of nitrogens with zero attached hydrogens (tertiary/aromatic N) is 5. The maximum atomic E-state index is 14.8. The molecule has 2 aromatic heterocycles. The van der Waals surface area contributed by atoms with E-state index in [-0.39, 0.29) is 16.5 Å². The van der Waals surface area contributed by atoms with Crippen molar-refractivity contribution in [2.24, 2.45) is 0 Å². The Labute approximate surface area is 216 Å². The van der Waals surface area contributed by atoms with Gasteiger partial charge in [0.15, 0.2) is 17.4 Å². The van der Waals surface area contributed by atoms with Crippen LogP contribution in [0, 0.1) is 5.82 Å². The summed E-state index contributed by atoms with van der Waals surface area (Å²) in [5.41, 5.74) is 1.14. The lowest BCUT2D eigenvalue weighted by atomic mass is 10.2. The summed E-state index contributed by atoms with van der Waals surface area (Å²) in [4.78, 5) is 18.7. The molecule has 0 aliphatic heterocycles. The summed E-state index contributed by atoms with van der Waals surface area (Å²) in [6.07, 6.45) is 3.19. The SMILES string of the molecule is CN(C)CCn1cnnc1-c1cc(Oc2ccc(NC(=O)Nc3ccc(Cl)cc3Cl)cc2F)ccn1. The minimum absolute atomic E-state index is 0.0204. The van der Waals surface area contributed by atoms with Crippen molar-refractivity contribution in [2.45, 2.75) is 6.54 Å². The molecule has 4 aromatic rings. The molecule has 0 atom stereocenters. The lowest BCUT2D eigenvalue weighted by Gasteiger charge is -2.12. The second-order valence-electron chi connectivity index (χ2n) is 7.98. The number of ether oxygens (including phenoxy) is 1. The van der Waals surface area contributed by atoms with Crippen LogP contribution in [0.25, 0.3) is 11.5 Å². The maximum Gasteiger partial charge on any atom is 0.323 e. The van der Waals surface area contributed by atoms with Crippen LogP contribution in [0.5, 0.6) is 11.5 Å². The number of hydrogen-bond donors (Lipinski definition) is 2. The molecule has 2 aromatic carbocycles. The van der Waals surface area contributed by atoms with E-state index in [1.165, 1.54) is 18.2 Å². The van der Waals surface area contributed by atoms with Gasteiger partial charge >= 0.3 is 6.03 Å². The molecule has 2 amide bonds. The summed E-state index contributed by atoms with van der Waals surface area (Å²) in [6, 6.07) is 11.4. The van der Waals surface area contributed by atoms with Gasteiger partial charge in [0.2, 0.25) is 0 Å². The lowest BCUT2D eigenvalue weighted by Crippen LogP contribution is -2.19. The number of aromatic nitrogens is 4. The molecule has 2 N–H and O–H groups in total. The highest BCUT2D eigenvalue weighted by atomic mass is 35.5. The van der Waals surface area contributed by atoms with Crippen molar-refractivity contribution >= 4 is 40.6 Å².